The van der Waals surface area contributed by atoms with Crippen LogP contribution in [0.5, 0.6) is 5.75 Å². The summed E-state index contributed by atoms with van der Waals surface area (Å²) in [5.41, 5.74) is 5.17. The van der Waals surface area contributed by atoms with Gasteiger partial charge in [0.2, 0.25) is 0 Å². The smallest absolute Gasteiger partial charge is 0.116 e. The molecular formula is C18H20O2. The number of hydrogen-bond donors (Lipinski definition) is 2. The largest absolute Gasteiger partial charge is 0.508 e. The van der Waals surface area contributed by atoms with Crippen molar-refractivity contribution in [1.82, 2.24) is 0 Å². The number of rotatable bonds is 2. The zero-order chi connectivity index (χ0) is 13.7. The van der Waals surface area contributed by atoms with E-state index in [0.29, 0.717) is 11.8 Å². The molecule has 2 N–H and O–H groups in total. The summed E-state index contributed by atoms with van der Waals surface area (Å²) in [6, 6.07) is 7.33. The van der Waals surface area contributed by atoms with E-state index >= 15 is 0 Å². The van der Waals surface area contributed by atoms with Crippen LogP contribution in [-0.2, 0) is 0 Å². The molecular weight excluding hydrogens is 248 g/mol. The van der Waals surface area contributed by atoms with Crippen molar-refractivity contribution in [3.8, 4) is 5.75 Å². The minimum Gasteiger partial charge on any atom is -0.508 e. The molecule has 0 amide bonds. The highest BCUT2D eigenvalue weighted by Crippen LogP contribution is 2.55. The fraction of sp³-hybridized carbons (Fsp3) is 0.444. The molecule has 2 fully saturated rings. The number of hydrogen-bond acceptors (Lipinski definition) is 2. The Kier molecular flexibility index (Phi) is 2.74. The van der Waals surface area contributed by atoms with Crippen LogP contribution in [0.1, 0.15) is 31.2 Å². The number of phenolic OH excluding ortho intramolecular Hbond substituents is 1. The summed E-state index contributed by atoms with van der Waals surface area (Å²) < 4.78 is 0. The number of allylic oxidation sites excluding steroid dienone is 3. The van der Waals surface area contributed by atoms with Gasteiger partial charge in [-0.1, -0.05) is 29.4 Å². The predicted octanol–water partition coefficient (Wildman–Crippen LogP) is 3.51. The monoisotopic (exact) mass is 268 g/mol. The quantitative estimate of drug-likeness (QED) is 0.806. The van der Waals surface area contributed by atoms with Gasteiger partial charge in [-0.25, -0.2) is 0 Å². The van der Waals surface area contributed by atoms with E-state index in [1.165, 1.54) is 31.3 Å². The van der Waals surface area contributed by atoms with E-state index in [9.17, 15) is 10.2 Å². The number of phenols is 1. The van der Waals surface area contributed by atoms with E-state index in [0.717, 1.165) is 17.1 Å². The number of benzene rings is 1. The van der Waals surface area contributed by atoms with Crippen molar-refractivity contribution in [2.24, 2.45) is 17.8 Å². The lowest BCUT2D eigenvalue weighted by Crippen LogP contribution is -2.35. The molecule has 0 spiro atoms. The van der Waals surface area contributed by atoms with Gasteiger partial charge < -0.3 is 10.2 Å². The SMILES string of the molecule is OCC(=C1C2CC3=CC(C2)CC1C3)c1cccc(O)c1. The number of aliphatic hydroxyl groups excluding tert-OH is 1. The molecule has 0 saturated heterocycles. The van der Waals surface area contributed by atoms with Gasteiger partial charge in [-0.15, -0.1) is 0 Å². The second kappa shape index (κ2) is 4.49. The van der Waals surface area contributed by atoms with Crippen LogP contribution in [0.15, 0.2) is 41.5 Å². The summed E-state index contributed by atoms with van der Waals surface area (Å²) in [7, 11) is 0. The van der Waals surface area contributed by atoms with E-state index < -0.39 is 0 Å². The molecule has 1 aromatic carbocycles. The summed E-state index contributed by atoms with van der Waals surface area (Å²) in [6.45, 7) is 0.0789. The Morgan fingerprint density at radius 1 is 1.15 bits per heavy atom. The van der Waals surface area contributed by atoms with E-state index in [-0.39, 0.29) is 12.4 Å². The Morgan fingerprint density at radius 3 is 2.50 bits per heavy atom. The average Bonchev–Trinajstić information content (AvgIpc) is 2.42. The average molecular weight is 268 g/mol. The summed E-state index contributed by atoms with van der Waals surface area (Å²) in [5, 5.41) is 19.6. The maximum absolute atomic E-state index is 9.90. The first kappa shape index (κ1) is 12.2. The fourth-order valence-corrected chi connectivity index (χ4v) is 4.66. The highest BCUT2D eigenvalue weighted by molar-refractivity contribution is 5.72. The van der Waals surface area contributed by atoms with Gasteiger partial charge in [0, 0.05) is 0 Å². The number of aromatic hydroxyl groups is 1. The molecule has 2 unspecified atom stereocenters. The van der Waals surface area contributed by atoms with Gasteiger partial charge >= 0.3 is 0 Å². The molecule has 2 nitrogen and oxygen atoms in total. The molecule has 104 valence electrons. The van der Waals surface area contributed by atoms with Gasteiger partial charge in [0.1, 0.15) is 5.75 Å². The third-order valence-electron chi connectivity index (χ3n) is 5.24. The van der Waals surface area contributed by atoms with Crippen LogP contribution in [0.2, 0.25) is 0 Å². The number of aliphatic hydroxyl groups is 1. The van der Waals surface area contributed by atoms with Crippen molar-refractivity contribution in [3.05, 3.63) is 47.1 Å². The molecule has 2 heteroatoms. The molecule has 4 aliphatic carbocycles. The summed E-state index contributed by atoms with van der Waals surface area (Å²) >= 11 is 0. The summed E-state index contributed by atoms with van der Waals surface area (Å²) in [6.07, 6.45) is 7.36. The van der Waals surface area contributed by atoms with Gasteiger partial charge in [-0.2, -0.15) is 0 Å². The van der Waals surface area contributed by atoms with E-state index in [4.69, 9.17) is 0 Å². The van der Waals surface area contributed by atoms with Crippen LogP contribution in [0.4, 0.5) is 0 Å². The highest BCUT2D eigenvalue weighted by Gasteiger charge is 2.42. The summed E-state index contributed by atoms with van der Waals surface area (Å²) in [5.74, 6) is 2.30. The molecule has 0 aromatic heterocycles. The standard InChI is InChI=1S/C18H20O2/c19-10-17(13-2-1-3-16(20)9-13)18-14-5-11-4-12(7-14)8-15(18)6-11/h1-4,9,11,14-15,19-20H,5-8,10H2. The van der Waals surface area contributed by atoms with Gasteiger partial charge in [0.05, 0.1) is 6.61 Å². The maximum atomic E-state index is 9.90. The Hall–Kier alpha value is -1.54. The van der Waals surface area contributed by atoms with Gasteiger partial charge in [0.15, 0.2) is 0 Å². The molecule has 20 heavy (non-hydrogen) atoms. The second-order valence-corrected chi connectivity index (χ2v) is 6.50. The minimum absolute atomic E-state index is 0.0789. The summed E-state index contributed by atoms with van der Waals surface area (Å²) in [4.78, 5) is 0. The van der Waals surface area contributed by atoms with Crippen LogP contribution in [0.25, 0.3) is 5.57 Å². The molecule has 0 radical (unpaired) electrons. The van der Waals surface area contributed by atoms with Gasteiger partial charge in [-0.3, -0.25) is 0 Å². The zero-order valence-electron chi connectivity index (χ0n) is 11.5. The minimum atomic E-state index is 0.0789. The Labute approximate surface area is 119 Å². The second-order valence-electron chi connectivity index (χ2n) is 6.50. The fourth-order valence-electron chi connectivity index (χ4n) is 4.66. The van der Waals surface area contributed by atoms with Crippen LogP contribution >= 0.6 is 0 Å². The first-order chi connectivity index (χ1) is 9.74. The first-order valence-corrected chi connectivity index (χ1v) is 7.57. The van der Waals surface area contributed by atoms with Crippen LogP contribution in [-0.4, -0.2) is 16.8 Å². The van der Waals surface area contributed by atoms with Crippen molar-refractivity contribution in [1.29, 1.82) is 0 Å². The molecule has 4 bridgehead atoms. The van der Waals surface area contributed by atoms with Crippen LogP contribution < -0.4 is 0 Å². The van der Waals surface area contributed by atoms with Crippen molar-refractivity contribution < 1.29 is 10.2 Å². The highest BCUT2D eigenvalue weighted by atomic mass is 16.3. The van der Waals surface area contributed by atoms with Crippen LogP contribution in [0.3, 0.4) is 0 Å². The lowest BCUT2D eigenvalue weighted by molar-refractivity contribution is 0.243. The zero-order valence-corrected chi connectivity index (χ0v) is 11.5. The Balaban J connectivity index is 1.82. The Morgan fingerprint density at radius 2 is 1.90 bits per heavy atom. The lowest BCUT2D eigenvalue weighted by atomic mass is 9.57. The topological polar surface area (TPSA) is 40.5 Å². The molecule has 5 rings (SSSR count). The van der Waals surface area contributed by atoms with Crippen molar-refractivity contribution in [2.45, 2.75) is 25.7 Å². The van der Waals surface area contributed by atoms with Crippen LogP contribution in [0, 0.1) is 17.8 Å². The van der Waals surface area contributed by atoms with Crippen molar-refractivity contribution >= 4 is 5.57 Å². The third-order valence-corrected chi connectivity index (χ3v) is 5.24. The normalized spacial score (nSPS) is 30.6. The molecule has 2 atom stereocenters. The third kappa shape index (κ3) is 1.82. The van der Waals surface area contributed by atoms with Gasteiger partial charge in [-0.05, 0) is 66.7 Å². The molecule has 0 heterocycles. The maximum Gasteiger partial charge on any atom is 0.116 e. The molecule has 2 saturated carbocycles. The Bertz CT molecular complexity index is 592. The van der Waals surface area contributed by atoms with E-state index in [2.05, 4.69) is 6.08 Å². The lowest BCUT2D eigenvalue weighted by Gasteiger charge is -2.47. The molecule has 1 aromatic rings. The van der Waals surface area contributed by atoms with Gasteiger partial charge in [0.25, 0.3) is 0 Å². The molecule has 4 aliphatic rings. The molecule has 0 aliphatic heterocycles. The van der Waals surface area contributed by atoms with Crippen molar-refractivity contribution in [2.75, 3.05) is 6.61 Å². The first-order valence-electron chi connectivity index (χ1n) is 7.57. The van der Waals surface area contributed by atoms with E-state index in [1.54, 1.807) is 17.7 Å². The predicted molar refractivity (Wildman–Crippen MR) is 79.1 cm³/mol. The van der Waals surface area contributed by atoms with Crippen molar-refractivity contribution in [3.63, 3.8) is 0 Å². The van der Waals surface area contributed by atoms with E-state index in [1.807, 2.05) is 12.1 Å².